The molecule has 1 N–H and O–H groups in total. The molecule has 2 aliphatic rings. The molecule has 132 valence electrons. The van der Waals surface area contributed by atoms with Gasteiger partial charge >= 0.3 is 0 Å². The number of carbonyl (C=O) groups is 1. The van der Waals surface area contributed by atoms with E-state index in [9.17, 15) is 4.79 Å². The molecule has 2 saturated heterocycles. The van der Waals surface area contributed by atoms with Crippen molar-refractivity contribution in [2.75, 3.05) is 26.2 Å². The maximum Gasteiger partial charge on any atom is 0.239 e. The Morgan fingerprint density at radius 2 is 1.88 bits per heavy atom. The monoisotopic (exact) mass is 339 g/mol. The quantitative estimate of drug-likeness (QED) is 0.928. The first-order valence-electron chi connectivity index (χ1n) is 9.27. The smallest absolute Gasteiger partial charge is 0.239 e. The zero-order valence-electron chi connectivity index (χ0n) is 14.7. The summed E-state index contributed by atoms with van der Waals surface area (Å²) >= 11 is 0. The van der Waals surface area contributed by atoms with E-state index in [1.54, 1.807) is 0 Å². The predicted octanol–water partition coefficient (Wildman–Crippen LogP) is 2.27. The highest BCUT2D eigenvalue weighted by atomic mass is 16.2. The average Bonchev–Trinajstić information content (AvgIpc) is 3.29. The van der Waals surface area contributed by atoms with Crippen molar-refractivity contribution >= 4 is 5.91 Å². The van der Waals surface area contributed by atoms with Gasteiger partial charge in [-0.1, -0.05) is 30.3 Å². The Morgan fingerprint density at radius 1 is 1.12 bits per heavy atom. The molecule has 0 bridgehead atoms. The number of aromatic amines is 1. The van der Waals surface area contributed by atoms with Gasteiger partial charge < -0.3 is 4.90 Å². The summed E-state index contributed by atoms with van der Waals surface area (Å²) in [4.78, 5) is 21.4. The Balaban J connectivity index is 1.38. The first-order chi connectivity index (χ1) is 12.3. The van der Waals surface area contributed by atoms with E-state index in [1.807, 2.05) is 35.2 Å². The molecule has 1 aromatic carbocycles. The summed E-state index contributed by atoms with van der Waals surface area (Å²) in [6, 6.07) is 10.2. The summed E-state index contributed by atoms with van der Waals surface area (Å²) in [6.07, 6.45) is 3.02. The lowest BCUT2D eigenvalue weighted by Crippen LogP contribution is -2.45. The van der Waals surface area contributed by atoms with Gasteiger partial charge in [0.25, 0.3) is 0 Å². The number of H-pyrrole nitrogens is 1. The van der Waals surface area contributed by atoms with E-state index in [0.29, 0.717) is 11.8 Å². The molecule has 1 aromatic heterocycles. The number of nitrogens with one attached hydrogen (secondary N) is 1. The van der Waals surface area contributed by atoms with Crippen molar-refractivity contribution in [2.24, 2.45) is 0 Å². The molecule has 25 heavy (non-hydrogen) atoms. The van der Waals surface area contributed by atoms with Gasteiger partial charge in [-0.05, 0) is 39.3 Å². The van der Waals surface area contributed by atoms with Crippen LogP contribution in [0.25, 0.3) is 11.4 Å². The van der Waals surface area contributed by atoms with Gasteiger partial charge in [-0.2, -0.15) is 5.10 Å². The van der Waals surface area contributed by atoms with Crippen molar-refractivity contribution in [1.29, 1.82) is 0 Å². The highest BCUT2D eigenvalue weighted by Gasteiger charge is 2.37. The summed E-state index contributed by atoms with van der Waals surface area (Å²) in [6.45, 7) is 5.70. The summed E-state index contributed by atoms with van der Waals surface area (Å²) in [5.41, 5.74) is 1.04. The van der Waals surface area contributed by atoms with E-state index in [1.165, 1.54) is 0 Å². The summed E-state index contributed by atoms with van der Waals surface area (Å²) in [7, 11) is 0. The van der Waals surface area contributed by atoms with Crippen LogP contribution in [0.15, 0.2) is 30.3 Å². The minimum absolute atomic E-state index is 0.0931. The van der Waals surface area contributed by atoms with E-state index in [-0.39, 0.29) is 6.04 Å². The van der Waals surface area contributed by atoms with Gasteiger partial charge in [0.1, 0.15) is 5.82 Å². The minimum Gasteiger partial charge on any atom is -0.342 e. The number of likely N-dealkylation sites (N-methyl/N-ethyl adjacent to an activating group) is 1. The molecule has 6 heteroatoms. The van der Waals surface area contributed by atoms with Gasteiger partial charge in [0.2, 0.25) is 5.91 Å². The first kappa shape index (κ1) is 16.3. The number of nitrogens with zero attached hydrogens (tertiary/aromatic N) is 4. The molecule has 0 radical (unpaired) electrons. The van der Waals surface area contributed by atoms with E-state index >= 15 is 0 Å². The lowest BCUT2D eigenvalue weighted by Gasteiger charge is -2.34. The molecule has 6 nitrogen and oxygen atoms in total. The Hall–Kier alpha value is -2.21. The number of carbonyl (C=O) groups excluding carboxylic acids is 1. The Labute approximate surface area is 148 Å². The van der Waals surface area contributed by atoms with Gasteiger partial charge in [-0.3, -0.25) is 14.8 Å². The highest BCUT2D eigenvalue weighted by molar-refractivity contribution is 5.83. The highest BCUT2D eigenvalue weighted by Crippen LogP contribution is 2.29. The molecular formula is C19H25N5O. The molecule has 0 aliphatic carbocycles. The van der Waals surface area contributed by atoms with E-state index in [4.69, 9.17) is 4.98 Å². The van der Waals surface area contributed by atoms with Crippen LogP contribution >= 0.6 is 0 Å². The Bertz CT molecular complexity index is 720. The maximum absolute atomic E-state index is 12.4. The molecule has 0 spiro atoms. The first-order valence-corrected chi connectivity index (χ1v) is 9.27. The predicted molar refractivity (Wildman–Crippen MR) is 96.0 cm³/mol. The van der Waals surface area contributed by atoms with Crippen LogP contribution < -0.4 is 0 Å². The average molecular weight is 339 g/mol. The molecule has 1 atom stereocenters. The molecule has 2 aliphatic heterocycles. The van der Waals surface area contributed by atoms with Gasteiger partial charge in [0.05, 0.1) is 6.04 Å². The van der Waals surface area contributed by atoms with E-state index < -0.39 is 0 Å². The molecule has 2 aromatic rings. The number of benzene rings is 1. The lowest BCUT2D eigenvalue weighted by atomic mass is 9.95. The van der Waals surface area contributed by atoms with Gasteiger partial charge in [0.15, 0.2) is 5.82 Å². The standard InChI is InChI=1S/C19H25N5O/c1-2-23-13-10-16(19(23)25)24-11-8-15(9-12-24)18-20-17(21-22-18)14-6-4-3-5-7-14/h3-7,15-16H,2,8-13H2,1H3,(H,20,21,22). The van der Waals surface area contributed by atoms with Crippen LogP contribution in [-0.4, -0.2) is 63.1 Å². The van der Waals surface area contributed by atoms with Crippen molar-refractivity contribution in [3.8, 4) is 11.4 Å². The van der Waals surface area contributed by atoms with Gasteiger partial charge in [-0.15, -0.1) is 0 Å². The van der Waals surface area contributed by atoms with Crippen LogP contribution in [0.4, 0.5) is 0 Å². The number of amides is 1. The second-order valence-electron chi connectivity index (χ2n) is 6.94. The molecule has 0 saturated carbocycles. The topological polar surface area (TPSA) is 65.1 Å². The van der Waals surface area contributed by atoms with Crippen molar-refractivity contribution in [1.82, 2.24) is 25.0 Å². The zero-order valence-corrected chi connectivity index (χ0v) is 14.7. The number of likely N-dealkylation sites (tertiary alicyclic amines) is 2. The summed E-state index contributed by atoms with van der Waals surface area (Å²) < 4.78 is 0. The number of hydrogen-bond acceptors (Lipinski definition) is 4. The van der Waals surface area contributed by atoms with Crippen molar-refractivity contribution in [2.45, 2.75) is 38.1 Å². The van der Waals surface area contributed by atoms with Gasteiger partial charge in [-0.25, -0.2) is 4.98 Å². The van der Waals surface area contributed by atoms with Crippen molar-refractivity contribution < 1.29 is 4.79 Å². The Morgan fingerprint density at radius 3 is 2.56 bits per heavy atom. The molecule has 1 amide bonds. The van der Waals surface area contributed by atoms with Crippen LogP contribution in [-0.2, 0) is 4.79 Å². The minimum atomic E-state index is 0.0931. The van der Waals surface area contributed by atoms with Crippen molar-refractivity contribution in [3.63, 3.8) is 0 Å². The number of piperidine rings is 1. The molecule has 1 unspecified atom stereocenters. The van der Waals surface area contributed by atoms with E-state index in [0.717, 1.165) is 62.7 Å². The third kappa shape index (κ3) is 3.18. The lowest BCUT2D eigenvalue weighted by molar-refractivity contribution is -0.132. The molecule has 4 rings (SSSR count). The zero-order chi connectivity index (χ0) is 17.2. The van der Waals surface area contributed by atoms with E-state index in [2.05, 4.69) is 22.0 Å². The Kier molecular flexibility index (Phi) is 4.53. The third-order valence-electron chi connectivity index (χ3n) is 5.54. The number of hydrogen-bond donors (Lipinski definition) is 1. The fourth-order valence-electron chi connectivity index (χ4n) is 4.03. The van der Waals surface area contributed by atoms with Crippen LogP contribution in [0.3, 0.4) is 0 Å². The molecule has 2 fully saturated rings. The summed E-state index contributed by atoms with van der Waals surface area (Å²) in [5.74, 6) is 2.46. The van der Waals surface area contributed by atoms with Gasteiger partial charge in [0, 0.05) is 24.6 Å². The maximum atomic E-state index is 12.4. The molecular weight excluding hydrogens is 314 g/mol. The largest absolute Gasteiger partial charge is 0.342 e. The SMILES string of the molecule is CCN1CCC(N2CCC(c3nc(-c4ccccc4)n[nH]3)CC2)C1=O. The summed E-state index contributed by atoms with van der Waals surface area (Å²) in [5, 5.41) is 7.51. The fourth-order valence-corrected chi connectivity index (χ4v) is 4.03. The van der Waals surface area contributed by atoms with Crippen LogP contribution in [0.2, 0.25) is 0 Å². The normalized spacial score (nSPS) is 22.7. The van der Waals surface area contributed by atoms with Crippen LogP contribution in [0.5, 0.6) is 0 Å². The molecule has 3 heterocycles. The fraction of sp³-hybridized carbons (Fsp3) is 0.526. The van der Waals surface area contributed by atoms with Crippen LogP contribution in [0.1, 0.15) is 37.9 Å². The number of aromatic nitrogens is 3. The second-order valence-corrected chi connectivity index (χ2v) is 6.94. The third-order valence-corrected chi connectivity index (χ3v) is 5.54. The van der Waals surface area contributed by atoms with Crippen LogP contribution in [0, 0.1) is 0 Å². The number of rotatable bonds is 4. The van der Waals surface area contributed by atoms with Crippen molar-refractivity contribution in [3.05, 3.63) is 36.2 Å². The second kappa shape index (κ2) is 6.96.